The van der Waals surface area contributed by atoms with Gasteiger partial charge in [-0.3, -0.25) is 10.1 Å². The van der Waals surface area contributed by atoms with Gasteiger partial charge in [0.2, 0.25) is 0 Å². The Morgan fingerprint density at radius 1 is 1.43 bits per heavy atom. The van der Waals surface area contributed by atoms with Crippen LogP contribution >= 0.6 is 11.3 Å². The predicted molar refractivity (Wildman–Crippen MR) is 82.8 cm³/mol. The van der Waals surface area contributed by atoms with Gasteiger partial charge in [0.1, 0.15) is 0 Å². The van der Waals surface area contributed by atoms with E-state index in [0.29, 0.717) is 11.6 Å². The quantitative estimate of drug-likeness (QED) is 0.792. The van der Waals surface area contributed by atoms with Crippen LogP contribution < -0.4 is 10.6 Å². The average molecular weight is 307 g/mol. The molecule has 1 unspecified atom stereocenters. The molecule has 0 spiro atoms. The normalized spacial score (nSPS) is 12.1. The van der Waals surface area contributed by atoms with Crippen molar-refractivity contribution in [3.8, 4) is 0 Å². The lowest BCUT2D eigenvalue weighted by Crippen LogP contribution is -2.38. The molecule has 0 aliphatic rings. The molecular weight excluding hydrogens is 290 g/mol. The molecule has 1 aromatic heterocycles. The third-order valence-corrected chi connectivity index (χ3v) is 3.95. The largest absolute Gasteiger partial charge is 0.481 e. The fourth-order valence-corrected chi connectivity index (χ4v) is 2.87. The topological polar surface area (TPSA) is 91.3 Å². The molecule has 0 saturated carbocycles. The summed E-state index contributed by atoms with van der Waals surface area (Å²) in [6.07, 6.45) is 0.460. The molecule has 2 aromatic rings. The van der Waals surface area contributed by atoms with E-state index in [4.69, 9.17) is 5.11 Å². The van der Waals surface area contributed by atoms with Crippen LogP contribution in [-0.4, -0.2) is 28.1 Å². The van der Waals surface area contributed by atoms with Gasteiger partial charge in [-0.15, -0.1) is 0 Å². The Bertz CT molecular complexity index is 669. The molecule has 2 rings (SSSR count). The van der Waals surface area contributed by atoms with Gasteiger partial charge >= 0.3 is 12.0 Å². The molecule has 0 saturated heterocycles. The molecule has 7 heteroatoms. The number of carboxylic acid groups (broad SMARTS) is 1. The zero-order valence-electron chi connectivity index (χ0n) is 11.8. The second-order valence-electron chi connectivity index (χ2n) is 4.79. The molecule has 3 N–H and O–H groups in total. The minimum atomic E-state index is -0.933. The Balaban J connectivity index is 2.02. The van der Waals surface area contributed by atoms with Gasteiger partial charge < -0.3 is 10.4 Å². The summed E-state index contributed by atoms with van der Waals surface area (Å²) < 4.78 is 1.00. The van der Waals surface area contributed by atoms with Crippen molar-refractivity contribution in [2.75, 3.05) is 5.32 Å². The average Bonchev–Trinajstić information content (AvgIpc) is 2.78. The van der Waals surface area contributed by atoms with Crippen molar-refractivity contribution in [3.63, 3.8) is 0 Å². The third kappa shape index (κ3) is 4.16. The summed E-state index contributed by atoms with van der Waals surface area (Å²) in [5.41, 5.74) is 1.97. The maximum atomic E-state index is 11.9. The van der Waals surface area contributed by atoms with E-state index in [-0.39, 0.29) is 12.5 Å². The van der Waals surface area contributed by atoms with Crippen LogP contribution in [-0.2, 0) is 4.79 Å². The minimum absolute atomic E-state index is 0.0943. The maximum absolute atomic E-state index is 11.9. The van der Waals surface area contributed by atoms with E-state index in [1.807, 2.05) is 32.0 Å². The van der Waals surface area contributed by atoms with Crippen LogP contribution in [0.25, 0.3) is 10.2 Å². The van der Waals surface area contributed by atoms with Crippen molar-refractivity contribution >= 4 is 38.7 Å². The number of rotatable bonds is 5. The van der Waals surface area contributed by atoms with Gasteiger partial charge in [0.25, 0.3) is 0 Å². The smallest absolute Gasteiger partial charge is 0.321 e. The van der Waals surface area contributed by atoms with Crippen molar-refractivity contribution in [1.82, 2.24) is 10.3 Å². The molecule has 0 fully saturated rings. The summed E-state index contributed by atoms with van der Waals surface area (Å²) in [5, 5.41) is 14.5. The molecule has 1 atom stereocenters. The number of carboxylic acids is 1. The van der Waals surface area contributed by atoms with Crippen molar-refractivity contribution in [3.05, 3.63) is 23.8 Å². The van der Waals surface area contributed by atoms with Gasteiger partial charge in [0.15, 0.2) is 5.13 Å². The lowest BCUT2D eigenvalue weighted by atomic mass is 10.1. The highest BCUT2D eigenvalue weighted by molar-refractivity contribution is 7.22. The summed E-state index contributed by atoms with van der Waals surface area (Å²) in [6.45, 7) is 3.82. The third-order valence-electron chi connectivity index (χ3n) is 3.01. The Labute approximate surface area is 126 Å². The number of carbonyl (C=O) groups is 2. The summed E-state index contributed by atoms with van der Waals surface area (Å²) in [7, 11) is 0. The molecule has 1 aromatic carbocycles. The van der Waals surface area contributed by atoms with Gasteiger partial charge in [-0.2, -0.15) is 0 Å². The molecule has 6 nitrogen and oxygen atoms in total. The van der Waals surface area contributed by atoms with E-state index >= 15 is 0 Å². The molecule has 1 heterocycles. The van der Waals surface area contributed by atoms with Crippen LogP contribution in [0.3, 0.4) is 0 Å². The van der Waals surface area contributed by atoms with Crippen LogP contribution in [0.2, 0.25) is 0 Å². The predicted octanol–water partition coefficient (Wildman–Crippen LogP) is 2.98. The SMILES string of the molecule is CCC(CC(=O)O)NC(=O)Nc1nc2ccc(C)cc2s1. The number of nitrogens with zero attached hydrogens (tertiary/aromatic N) is 1. The number of thiazole rings is 1. The summed E-state index contributed by atoms with van der Waals surface area (Å²) in [5.74, 6) is -0.933. The first-order valence-electron chi connectivity index (χ1n) is 6.64. The lowest BCUT2D eigenvalue weighted by Gasteiger charge is -2.14. The molecule has 21 heavy (non-hydrogen) atoms. The minimum Gasteiger partial charge on any atom is -0.481 e. The van der Waals surface area contributed by atoms with Gasteiger partial charge in [0.05, 0.1) is 16.6 Å². The Hall–Kier alpha value is -2.15. The number of hydrogen-bond acceptors (Lipinski definition) is 4. The van der Waals surface area contributed by atoms with E-state index < -0.39 is 12.0 Å². The zero-order valence-corrected chi connectivity index (χ0v) is 12.7. The first kappa shape index (κ1) is 15.2. The van der Waals surface area contributed by atoms with E-state index in [1.165, 1.54) is 11.3 Å². The molecule has 0 radical (unpaired) electrons. The lowest BCUT2D eigenvalue weighted by molar-refractivity contribution is -0.137. The summed E-state index contributed by atoms with van der Waals surface area (Å²) >= 11 is 1.39. The fraction of sp³-hybridized carbons (Fsp3) is 0.357. The number of aromatic nitrogens is 1. The van der Waals surface area contributed by atoms with Gasteiger partial charge in [-0.1, -0.05) is 24.3 Å². The number of amides is 2. The number of nitrogens with one attached hydrogen (secondary N) is 2. The molecule has 0 aliphatic heterocycles. The van der Waals surface area contributed by atoms with E-state index in [9.17, 15) is 9.59 Å². The number of urea groups is 1. The second-order valence-corrected chi connectivity index (χ2v) is 5.82. The molecule has 112 valence electrons. The van der Waals surface area contributed by atoms with Gasteiger partial charge in [-0.25, -0.2) is 9.78 Å². The standard InChI is InChI=1S/C14H17N3O3S/c1-3-9(7-12(18)19)15-13(20)17-14-16-10-5-4-8(2)6-11(10)21-14/h4-6,9H,3,7H2,1-2H3,(H,18,19)(H2,15,16,17,20). The van der Waals surface area contributed by atoms with Crippen molar-refractivity contribution in [2.45, 2.75) is 32.7 Å². The monoisotopic (exact) mass is 307 g/mol. The summed E-state index contributed by atoms with van der Waals surface area (Å²) in [4.78, 5) is 26.9. The number of fused-ring (bicyclic) bond motifs is 1. The molecule has 0 aliphatic carbocycles. The van der Waals surface area contributed by atoms with Gasteiger partial charge in [-0.05, 0) is 31.0 Å². The van der Waals surface area contributed by atoms with Gasteiger partial charge in [0, 0.05) is 6.04 Å². The Kier molecular flexibility index (Phi) is 4.74. The van der Waals surface area contributed by atoms with Crippen LogP contribution in [0, 0.1) is 6.92 Å². The van der Waals surface area contributed by atoms with Crippen LogP contribution in [0.5, 0.6) is 0 Å². The molecule has 2 amide bonds. The number of anilines is 1. The first-order chi connectivity index (χ1) is 9.97. The Morgan fingerprint density at radius 2 is 2.19 bits per heavy atom. The van der Waals surface area contributed by atoms with E-state index in [1.54, 1.807) is 0 Å². The fourth-order valence-electron chi connectivity index (χ4n) is 1.91. The van der Waals surface area contributed by atoms with E-state index in [0.717, 1.165) is 15.8 Å². The Morgan fingerprint density at radius 3 is 2.86 bits per heavy atom. The van der Waals surface area contributed by atoms with Crippen molar-refractivity contribution < 1.29 is 14.7 Å². The van der Waals surface area contributed by atoms with Crippen molar-refractivity contribution in [2.24, 2.45) is 0 Å². The van der Waals surface area contributed by atoms with Crippen molar-refractivity contribution in [1.29, 1.82) is 0 Å². The highest BCUT2D eigenvalue weighted by Gasteiger charge is 2.15. The molecule has 0 bridgehead atoms. The zero-order chi connectivity index (χ0) is 15.4. The number of aryl methyl sites for hydroxylation is 1. The van der Waals surface area contributed by atoms with Crippen LogP contribution in [0.4, 0.5) is 9.93 Å². The highest BCUT2D eigenvalue weighted by atomic mass is 32.1. The number of aliphatic carboxylic acids is 1. The molecular formula is C14H17N3O3S. The summed E-state index contributed by atoms with van der Waals surface area (Å²) in [6, 6.07) is 5.06. The first-order valence-corrected chi connectivity index (χ1v) is 7.46. The van der Waals surface area contributed by atoms with Crippen LogP contribution in [0.15, 0.2) is 18.2 Å². The second kappa shape index (κ2) is 6.53. The van der Waals surface area contributed by atoms with E-state index in [2.05, 4.69) is 15.6 Å². The number of benzene rings is 1. The number of carbonyl (C=O) groups excluding carboxylic acids is 1. The van der Waals surface area contributed by atoms with Crippen LogP contribution in [0.1, 0.15) is 25.3 Å². The number of hydrogen-bond donors (Lipinski definition) is 3. The highest BCUT2D eigenvalue weighted by Crippen LogP contribution is 2.26. The maximum Gasteiger partial charge on any atom is 0.321 e.